The van der Waals surface area contributed by atoms with Gasteiger partial charge in [0.1, 0.15) is 29.6 Å². The molecule has 1 saturated heterocycles. The Morgan fingerprint density at radius 2 is 1.79 bits per heavy atom. The predicted molar refractivity (Wildman–Crippen MR) is 132 cm³/mol. The van der Waals surface area contributed by atoms with Crippen LogP contribution in [0.5, 0.6) is 5.75 Å². The van der Waals surface area contributed by atoms with E-state index in [1.807, 2.05) is 6.07 Å². The summed E-state index contributed by atoms with van der Waals surface area (Å²) in [5.41, 5.74) is 6.93. The number of anilines is 1. The van der Waals surface area contributed by atoms with Gasteiger partial charge in [0.15, 0.2) is 23.5 Å². The molecular formula is C23H22N6O8S. The van der Waals surface area contributed by atoms with Crippen molar-refractivity contribution in [2.75, 3.05) is 12.3 Å². The molecule has 14 nitrogen and oxygen atoms in total. The zero-order chi connectivity index (χ0) is 27.0. The molecule has 4 atom stereocenters. The fourth-order valence-electron chi connectivity index (χ4n) is 3.96. The van der Waals surface area contributed by atoms with E-state index in [4.69, 9.17) is 14.7 Å². The number of benzene rings is 2. The number of nitrogens with zero attached hydrogens (tertiary/aromatic N) is 4. The fourth-order valence-corrected chi connectivity index (χ4v) is 4.67. The monoisotopic (exact) mass is 542 g/mol. The summed E-state index contributed by atoms with van der Waals surface area (Å²) in [6.45, 7) is -0.739. The van der Waals surface area contributed by atoms with Crippen LogP contribution in [0.4, 0.5) is 5.82 Å². The summed E-state index contributed by atoms with van der Waals surface area (Å²) >= 11 is 0. The summed E-state index contributed by atoms with van der Waals surface area (Å²) in [6.07, 6.45) is -4.31. The van der Waals surface area contributed by atoms with E-state index < -0.39 is 53.1 Å². The molecule has 6 N–H and O–H groups in total. The summed E-state index contributed by atoms with van der Waals surface area (Å²) < 4.78 is 38.1. The number of phenolic OH excluding ortho intramolecular Hbond substituents is 1. The fraction of sp³-hybridized carbons (Fsp3) is 0.217. The smallest absolute Gasteiger partial charge is 0.362 e. The van der Waals surface area contributed by atoms with E-state index >= 15 is 0 Å². The average Bonchev–Trinajstić information content (AvgIpc) is 3.44. The van der Waals surface area contributed by atoms with Crippen molar-refractivity contribution in [3.8, 4) is 17.1 Å². The molecule has 1 aliphatic heterocycles. The van der Waals surface area contributed by atoms with Crippen LogP contribution in [0.25, 0.3) is 22.6 Å². The number of imidazole rings is 1. The number of ether oxygens (including phenoxy) is 1. The molecule has 5 rings (SSSR count). The number of rotatable bonds is 7. The maximum Gasteiger partial charge on any atom is 0.362 e. The van der Waals surface area contributed by atoms with E-state index in [-0.39, 0.29) is 22.5 Å². The molecule has 0 radical (unpaired) electrons. The second kappa shape index (κ2) is 9.96. The van der Waals surface area contributed by atoms with E-state index in [0.29, 0.717) is 11.4 Å². The van der Waals surface area contributed by atoms with Crippen molar-refractivity contribution in [1.29, 1.82) is 0 Å². The first-order valence-corrected chi connectivity index (χ1v) is 12.6. The third kappa shape index (κ3) is 4.88. The number of nitrogens with two attached hydrogens (primary N) is 1. The number of aliphatic hydroxyl groups excluding tert-OH is 2. The first-order valence-electron chi connectivity index (χ1n) is 11.2. The third-order valence-corrected chi connectivity index (χ3v) is 6.73. The van der Waals surface area contributed by atoms with Crippen LogP contribution in [0.3, 0.4) is 0 Å². The average molecular weight is 543 g/mol. The van der Waals surface area contributed by atoms with Crippen LogP contribution < -0.4 is 10.5 Å². The molecule has 0 bridgehead atoms. The van der Waals surface area contributed by atoms with Crippen molar-refractivity contribution >= 4 is 33.2 Å². The van der Waals surface area contributed by atoms with Crippen molar-refractivity contribution in [3.63, 3.8) is 0 Å². The molecular weight excluding hydrogens is 520 g/mol. The van der Waals surface area contributed by atoms with Gasteiger partial charge in [0.25, 0.3) is 5.91 Å². The van der Waals surface area contributed by atoms with Gasteiger partial charge in [0, 0.05) is 5.56 Å². The van der Waals surface area contributed by atoms with Gasteiger partial charge in [-0.05, 0) is 12.1 Å². The highest BCUT2D eigenvalue weighted by atomic mass is 32.2. The first-order chi connectivity index (χ1) is 18.1. The predicted octanol–water partition coefficient (Wildman–Crippen LogP) is 0.0917. The topological polar surface area (TPSA) is 212 Å². The van der Waals surface area contributed by atoms with Crippen LogP contribution >= 0.6 is 0 Å². The lowest BCUT2D eigenvalue weighted by molar-refractivity contribution is -0.0468. The Balaban J connectivity index is 1.33. The summed E-state index contributed by atoms with van der Waals surface area (Å²) in [6, 6.07) is 14.4. The lowest BCUT2D eigenvalue weighted by Crippen LogP contribution is -2.37. The summed E-state index contributed by atoms with van der Waals surface area (Å²) in [5.74, 6) is -1.15. The van der Waals surface area contributed by atoms with E-state index in [1.165, 1.54) is 35.2 Å². The number of aromatic nitrogens is 4. The standard InChI is InChI=1S/C23H22N6O8S/c24-19-16-21(27-20(26-19)12-6-2-1-3-7-12)29(11-25-16)23-18(32)17(31)15(37-23)10-36-38(34,35)28-22(33)13-8-4-5-9-14(13)30/h1-9,11,15,17-18,23,30-32H,10H2,(H,28,33)(H2,24,26,27)/t15-,17-,18-,23-/m1/s1. The van der Waals surface area contributed by atoms with Crippen LogP contribution in [-0.2, 0) is 19.2 Å². The first kappa shape index (κ1) is 25.5. The van der Waals surface area contributed by atoms with E-state index in [1.54, 1.807) is 29.0 Å². The Kier molecular flexibility index (Phi) is 6.68. The lowest BCUT2D eigenvalue weighted by atomic mass is 10.1. The number of amides is 1. The number of phenols is 1. The van der Waals surface area contributed by atoms with Crippen molar-refractivity contribution in [3.05, 3.63) is 66.5 Å². The highest BCUT2D eigenvalue weighted by molar-refractivity contribution is 7.85. The van der Waals surface area contributed by atoms with Gasteiger partial charge in [-0.3, -0.25) is 13.5 Å². The van der Waals surface area contributed by atoms with Gasteiger partial charge in [-0.1, -0.05) is 42.5 Å². The molecule has 3 heterocycles. The molecule has 38 heavy (non-hydrogen) atoms. The SMILES string of the molecule is Nc1nc(-c2ccccc2)nc2c1ncn2[C@@H]1O[C@H](COS(=O)(=O)NC(=O)c2ccccc2O)[C@@H](O)[C@H]1O. The van der Waals surface area contributed by atoms with E-state index in [2.05, 4.69) is 15.0 Å². The van der Waals surface area contributed by atoms with Crippen LogP contribution in [-0.4, -0.2) is 74.1 Å². The number of fused-ring (bicyclic) bond motifs is 1. The number of aromatic hydroxyl groups is 1. The molecule has 2 aromatic carbocycles. The highest BCUT2D eigenvalue weighted by Gasteiger charge is 2.45. The number of para-hydroxylation sites is 1. The molecule has 0 spiro atoms. The van der Waals surface area contributed by atoms with Crippen molar-refractivity contribution < 1.29 is 37.5 Å². The van der Waals surface area contributed by atoms with Crippen LogP contribution in [0.15, 0.2) is 60.9 Å². The number of hydrogen-bond donors (Lipinski definition) is 5. The van der Waals surface area contributed by atoms with E-state index in [9.17, 15) is 28.5 Å². The normalized spacial score (nSPS) is 21.5. The maximum atomic E-state index is 12.3. The summed E-state index contributed by atoms with van der Waals surface area (Å²) in [4.78, 5) is 25.1. The minimum absolute atomic E-state index is 0.0896. The Labute approximate surface area is 215 Å². The molecule has 1 fully saturated rings. The quantitative estimate of drug-likeness (QED) is 0.210. The van der Waals surface area contributed by atoms with Gasteiger partial charge in [0.2, 0.25) is 0 Å². The molecule has 1 aliphatic rings. The lowest BCUT2D eigenvalue weighted by Gasteiger charge is -2.17. The third-order valence-electron chi connectivity index (χ3n) is 5.85. The van der Waals surface area contributed by atoms with Gasteiger partial charge >= 0.3 is 10.3 Å². The van der Waals surface area contributed by atoms with Gasteiger partial charge in [0.05, 0.1) is 18.5 Å². The molecule has 0 aliphatic carbocycles. The molecule has 0 saturated carbocycles. The van der Waals surface area contributed by atoms with Crippen LogP contribution in [0.1, 0.15) is 16.6 Å². The number of carbonyl (C=O) groups excluding carboxylic acids is 1. The van der Waals surface area contributed by atoms with Gasteiger partial charge in [-0.15, -0.1) is 0 Å². The van der Waals surface area contributed by atoms with Crippen molar-refractivity contribution in [1.82, 2.24) is 24.2 Å². The summed E-state index contributed by atoms with van der Waals surface area (Å²) in [7, 11) is -4.66. The van der Waals surface area contributed by atoms with Gasteiger partial charge in [-0.25, -0.2) is 19.7 Å². The van der Waals surface area contributed by atoms with Crippen LogP contribution in [0.2, 0.25) is 0 Å². The largest absolute Gasteiger partial charge is 0.507 e. The second-order valence-electron chi connectivity index (χ2n) is 8.36. The van der Waals surface area contributed by atoms with Gasteiger partial charge in [-0.2, -0.15) is 8.42 Å². The van der Waals surface area contributed by atoms with E-state index in [0.717, 1.165) is 0 Å². The Hall–Kier alpha value is -4.15. The zero-order valence-corrected chi connectivity index (χ0v) is 20.3. The molecule has 4 aromatic rings. The summed E-state index contributed by atoms with van der Waals surface area (Å²) in [5, 5.41) is 30.9. The second-order valence-corrected chi connectivity index (χ2v) is 9.70. The van der Waals surface area contributed by atoms with Crippen molar-refractivity contribution in [2.24, 2.45) is 0 Å². The minimum atomic E-state index is -4.66. The molecule has 2 aromatic heterocycles. The number of aliphatic hydroxyl groups is 2. The molecule has 15 heteroatoms. The van der Waals surface area contributed by atoms with Crippen LogP contribution in [0, 0.1) is 0 Å². The molecule has 198 valence electrons. The Morgan fingerprint density at radius 1 is 1.08 bits per heavy atom. The Bertz CT molecular complexity index is 1600. The maximum absolute atomic E-state index is 12.3. The number of nitrogens with one attached hydrogen (secondary N) is 1. The highest BCUT2D eigenvalue weighted by Crippen LogP contribution is 2.33. The van der Waals surface area contributed by atoms with Crippen molar-refractivity contribution in [2.45, 2.75) is 24.5 Å². The minimum Gasteiger partial charge on any atom is -0.507 e. The number of carbonyl (C=O) groups is 1. The Morgan fingerprint density at radius 3 is 2.53 bits per heavy atom. The zero-order valence-electron chi connectivity index (χ0n) is 19.4. The number of hydrogen-bond acceptors (Lipinski definition) is 12. The number of nitrogen functional groups attached to an aromatic ring is 1. The molecule has 0 unspecified atom stereocenters. The molecule has 1 amide bonds. The van der Waals surface area contributed by atoms with Gasteiger partial charge < -0.3 is 25.8 Å².